The van der Waals surface area contributed by atoms with Gasteiger partial charge >= 0.3 is 0 Å². The molecular weight excluding hydrogens is 303 g/mol. The van der Waals surface area contributed by atoms with Crippen molar-refractivity contribution in [3.8, 4) is 0 Å². The van der Waals surface area contributed by atoms with Gasteiger partial charge in [0, 0.05) is 18.0 Å². The second kappa shape index (κ2) is 8.29. The van der Waals surface area contributed by atoms with E-state index in [2.05, 4.69) is 10.6 Å². The van der Waals surface area contributed by atoms with Crippen LogP contribution in [0.3, 0.4) is 0 Å². The molecule has 0 saturated heterocycles. The lowest BCUT2D eigenvalue weighted by atomic mass is 10.1. The molecule has 0 radical (unpaired) electrons. The van der Waals surface area contributed by atoms with Gasteiger partial charge in [-0.1, -0.05) is 18.2 Å². The number of carbonyl (C=O) groups excluding carboxylic acids is 2. The van der Waals surface area contributed by atoms with Gasteiger partial charge in [0.15, 0.2) is 0 Å². The summed E-state index contributed by atoms with van der Waals surface area (Å²) in [5.74, 6) is -0.535. The third kappa shape index (κ3) is 5.65. The molecule has 0 atom stereocenters. The Hall–Kier alpha value is -2.21. The van der Waals surface area contributed by atoms with Crippen LogP contribution >= 0.6 is 11.3 Å². The minimum absolute atomic E-state index is 0.0600. The summed E-state index contributed by atoms with van der Waals surface area (Å²) in [5, 5.41) is 7.40. The Balaban J connectivity index is 1.60. The van der Waals surface area contributed by atoms with Gasteiger partial charge in [-0.3, -0.25) is 9.59 Å². The highest BCUT2D eigenvalue weighted by Gasteiger charge is 2.05. The van der Waals surface area contributed by atoms with Crippen LogP contribution < -0.4 is 10.6 Å². The number of carbonyl (C=O) groups is 2. The van der Waals surface area contributed by atoms with Gasteiger partial charge in [-0.05, 0) is 29.1 Å². The molecule has 0 aliphatic rings. The van der Waals surface area contributed by atoms with Crippen LogP contribution in [-0.4, -0.2) is 24.9 Å². The molecule has 0 unspecified atom stereocenters. The molecule has 2 aromatic rings. The fourth-order valence-corrected chi connectivity index (χ4v) is 2.59. The van der Waals surface area contributed by atoms with E-state index in [4.69, 9.17) is 0 Å². The van der Waals surface area contributed by atoms with E-state index in [9.17, 15) is 14.0 Å². The highest BCUT2D eigenvalue weighted by molar-refractivity contribution is 7.10. The van der Waals surface area contributed by atoms with E-state index in [0.29, 0.717) is 19.5 Å². The summed E-state index contributed by atoms with van der Waals surface area (Å²) in [5.41, 5.74) is 0.751. The summed E-state index contributed by atoms with van der Waals surface area (Å²) in [7, 11) is 0. The Morgan fingerprint density at radius 2 is 1.59 bits per heavy atom. The molecule has 22 heavy (non-hydrogen) atoms. The highest BCUT2D eigenvalue weighted by atomic mass is 32.1. The van der Waals surface area contributed by atoms with Gasteiger partial charge in [0.05, 0.1) is 12.8 Å². The Morgan fingerprint density at radius 1 is 0.955 bits per heavy atom. The number of rotatable bonds is 7. The zero-order valence-electron chi connectivity index (χ0n) is 12.0. The van der Waals surface area contributed by atoms with Crippen molar-refractivity contribution in [3.63, 3.8) is 0 Å². The Kier molecular flexibility index (Phi) is 6.09. The molecule has 116 valence electrons. The lowest BCUT2D eigenvalue weighted by Gasteiger charge is -2.07. The number of amides is 2. The number of hydrogen-bond donors (Lipinski definition) is 2. The molecule has 1 aromatic carbocycles. The van der Waals surface area contributed by atoms with Crippen molar-refractivity contribution in [3.05, 3.63) is 58.0 Å². The predicted octanol–water partition coefficient (Wildman–Crippen LogP) is 1.90. The van der Waals surface area contributed by atoms with Crippen LogP contribution in [0.25, 0.3) is 0 Å². The summed E-state index contributed by atoms with van der Waals surface area (Å²) in [6.45, 7) is 0.759. The van der Waals surface area contributed by atoms with E-state index in [1.807, 2.05) is 17.5 Å². The van der Waals surface area contributed by atoms with Crippen LogP contribution in [0.5, 0.6) is 0 Å². The molecule has 4 nitrogen and oxygen atoms in total. The van der Waals surface area contributed by atoms with E-state index >= 15 is 0 Å². The van der Waals surface area contributed by atoms with Gasteiger partial charge in [0.2, 0.25) is 11.8 Å². The number of hydrogen-bond acceptors (Lipinski definition) is 3. The van der Waals surface area contributed by atoms with Crippen molar-refractivity contribution >= 4 is 23.2 Å². The molecule has 2 rings (SSSR count). The monoisotopic (exact) mass is 320 g/mol. The quantitative estimate of drug-likeness (QED) is 0.766. The van der Waals surface area contributed by atoms with Crippen molar-refractivity contribution < 1.29 is 14.0 Å². The van der Waals surface area contributed by atoms with Crippen molar-refractivity contribution in [1.29, 1.82) is 0 Å². The lowest BCUT2D eigenvalue weighted by molar-refractivity contribution is -0.122. The van der Waals surface area contributed by atoms with Crippen molar-refractivity contribution in [1.82, 2.24) is 10.6 Å². The minimum Gasteiger partial charge on any atom is -0.354 e. The first-order chi connectivity index (χ1) is 10.6. The van der Waals surface area contributed by atoms with Crippen LogP contribution in [0.1, 0.15) is 10.4 Å². The van der Waals surface area contributed by atoms with Crippen LogP contribution in [0.15, 0.2) is 41.8 Å². The third-order valence-corrected chi connectivity index (χ3v) is 3.84. The first-order valence-corrected chi connectivity index (χ1v) is 7.81. The molecule has 0 aliphatic carbocycles. The maximum absolute atomic E-state index is 12.7. The maximum atomic E-state index is 12.7. The van der Waals surface area contributed by atoms with Crippen LogP contribution in [-0.2, 0) is 22.4 Å². The van der Waals surface area contributed by atoms with E-state index in [1.54, 1.807) is 23.5 Å². The molecule has 1 aromatic heterocycles. The molecule has 0 saturated carbocycles. The molecule has 6 heteroatoms. The Morgan fingerprint density at radius 3 is 2.18 bits per heavy atom. The molecular formula is C16H17FN2O2S. The first-order valence-electron chi connectivity index (χ1n) is 6.94. The summed E-state index contributed by atoms with van der Waals surface area (Å²) in [4.78, 5) is 24.3. The molecule has 0 bridgehead atoms. The van der Waals surface area contributed by atoms with Gasteiger partial charge in [-0.15, -0.1) is 11.3 Å². The average molecular weight is 320 g/mol. The van der Waals surface area contributed by atoms with Gasteiger partial charge in [0.1, 0.15) is 5.82 Å². The predicted molar refractivity (Wildman–Crippen MR) is 84.1 cm³/mol. The number of halogens is 1. The highest BCUT2D eigenvalue weighted by Crippen LogP contribution is 2.08. The fourth-order valence-electron chi connectivity index (χ4n) is 1.89. The van der Waals surface area contributed by atoms with Crippen LogP contribution in [0.4, 0.5) is 4.39 Å². The van der Waals surface area contributed by atoms with Crippen molar-refractivity contribution in [2.75, 3.05) is 13.1 Å². The summed E-state index contributed by atoms with van der Waals surface area (Å²) in [6, 6.07) is 9.63. The number of benzene rings is 1. The first kappa shape index (κ1) is 16.2. The smallest absolute Gasteiger partial charge is 0.225 e. The summed E-state index contributed by atoms with van der Waals surface area (Å²) >= 11 is 1.54. The second-order valence-electron chi connectivity index (χ2n) is 4.76. The molecule has 0 spiro atoms. The number of thiophene rings is 1. The van der Waals surface area contributed by atoms with Crippen molar-refractivity contribution in [2.24, 2.45) is 0 Å². The largest absolute Gasteiger partial charge is 0.354 e. The molecule has 1 heterocycles. The standard InChI is InChI=1S/C16H17FN2O2S/c17-13-5-3-12(4-6-13)10-15(20)18-7-8-19-16(21)11-14-2-1-9-22-14/h1-6,9H,7-8,10-11H2,(H,18,20)(H,19,21). The summed E-state index contributed by atoms with van der Waals surface area (Å²) < 4.78 is 12.7. The molecule has 2 N–H and O–H groups in total. The Bertz CT molecular complexity index is 612. The zero-order valence-corrected chi connectivity index (χ0v) is 12.8. The van der Waals surface area contributed by atoms with E-state index in [1.165, 1.54) is 12.1 Å². The van der Waals surface area contributed by atoms with E-state index < -0.39 is 0 Å². The fraction of sp³-hybridized carbons (Fsp3) is 0.250. The van der Waals surface area contributed by atoms with Gasteiger partial charge in [-0.2, -0.15) is 0 Å². The SMILES string of the molecule is O=C(Cc1ccc(F)cc1)NCCNC(=O)Cc1cccs1. The third-order valence-electron chi connectivity index (χ3n) is 2.96. The zero-order chi connectivity index (χ0) is 15.8. The second-order valence-corrected chi connectivity index (χ2v) is 5.79. The van der Waals surface area contributed by atoms with Crippen LogP contribution in [0.2, 0.25) is 0 Å². The van der Waals surface area contributed by atoms with Crippen LogP contribution in [0, 0.1) is 5.82 Å². The average Bonchev–Trinajstić information content (AvgIpc) is 2.99. The molecule has 0 aliphatic heterocycles. The topological polar surface area (TPSA) is 58.2 Å². The molecule has 2 amide bonds. The van der Waals surface area contributed by atoms with Crippen molar-refractivity contribution in [2.45, 2.75) is 12.8 Å². The Labute approximate surface area is 132 Å². The van der Waals surface area contributed by atoms with Gasteiger partial charge in [-0.25, -0.2) is 4.39 Å². The minimum atomic E-state index is -0.322. The normalized spacial score (nSPS) is 10.2. The lowest BCUT2D eigenvalue weighted by Crippen LogP contribution is -2.35. The van der Waals surface area contributed by atoms with Gasteiger partial charge in [0.25, 0.3) is 0 Å². The van der Waals surface area contributed by atoms with E-state index in [-0.39, 0.29) is 24.1 Å². The van der Waals surface area contributed by atoms with E-state index in [0.717, 1.165) is 10.4 Å². The summed E-state index contributed by atoms with van der Waals surface area (Å²) in [6.07, 6.45) is 0.560. The number of nitrogens with one attached hydrogen (secondary N) is 2. The van der Waals surface area contributed by atoms with Gasteiger partial charge < -0.3 is 10.6 Å². The maximum Gasteiger partial charge on any atom is 0.225 e. The molecule has 0 fully saturated rings.